The van der Waals surface area contributed by atoms with Gasteiger partial charge in [-0.25, -0.2) is 0 Å². The van der Waals surface area contributed by atoms with E-state index in [4.69, 9.17) is 23.2 Å². The first-order valence-electron chi connectivity index (χ1n) is 7.02. The standard InChI is InChI=1S/C15H20Cl2N2O.ClH/c1-10(14-12(16)3-2-4-13(14)17)9-19-15(20)11-5-7-18-8-6-11;/h2-4,10-11,18H,5-9H2,1H3,(H,19,20);1H. The number of carbonyl (C=O) groups is 1. The molecule has 1 amide bonds. The molecule has 21 heavy (non-hydrogen) atoms. The van der Waals surface area contributed by atoms with Crippen molar-refractivity contribution in [2.75, 3.05) is 19.6 Å². The summed E-state index contributed by atoms with van der Waals surface area (Å²) in [5, 5.41) is 7.59. The number of hydrogen-bond acceptors (Lipinski definition) is 2. The lowest BCUT2D eigenvalue weighted by atomic mass is 9.96. The van der Waals surface area contributed by atoms with E-state index in [0.29, 0.717) is 16.6 Å². The van der Waals surface area contributed by atoms with E-state index in [-0.39, 0.29) is 30.2 Å². The Bertz CT molecular complexity index is 456. The number of benzene rings is 1. The molecule has 3 nitrogen and oxygen atoms in total. The molecule has 1 fully saturated rings. The molecular formula is C15H21Cl3N2O. The van der Waals surface area contributed by atoms with Gasteiger partial charge in [-0.05, 0) is 43.6 Å². The lowest BCUT2D eigenvalue weighted by Gasteiger charge is -2.23. The first kappa shape index (κ1) is 18.6. The second kappa shape index (κ2) is 8.84. The molecule has 1 aromatic carbocycles. The van der Waals surface area contributed by atoms with Gasteiger partial charge in [-0.15, -0.1) is 12.4 Å². The van der Waals surface area contributed by atoms with Gasteiger partial charge in [-0.3, -0.25) is 4.79 Å². The van der Waals surface area contributed by atoms with E-state index in [1.54, 1.807) is 0 Å². The van der Waals surface area contributed by atoms with Crippen LogP contribution < -0.4 is 10.6 Å². The predicted molar refractivity (Wildman–Crippen MR) is 90.7 cm³/mol. The fourth-order valence-electron chi connectivity index (χ4n) is 2.57. The number of nitrogens with one attached hydrogen (secondary N) is 2. The van der Waals surface area contributed by atoms with Crippen molar-refractivity contribution >= 4 is 41.5 Å². The molecule has 6 heteroatoms. The molecule has 118 valence electrons. The summed E-state index contributed by atoms with van der Waals surface area (Å²) < 4.78 is 0. The Hall–Kier alpha value is -0.480. The number of hydrogen-bond donors (Lipinski definition) is 2. The van der Waals surface area contributed by atoms with Crippen molar-refractivity contribution in [3.63, 3.8) is 0 Å². The summed E-state index contributed by atoms with van der Waals surface area (Å²) in [7, 11) is 0. The average Bonchev–Trinajstić information content (AvgIpc) is 2.45. The topological polar surface area (TPSA) is 41.1 Å². The molecule has 0 spiro atoms. The van der Waals surface area contributed by atoms with Gasteiger partial charge in [0.1, 0.15) is 0 Å². The Balaban J connectivity index is 0.00000220. The molecule has 1 atom stereocenters. The highest BCUT2D eigenvalue weighted by atomic mass is 35.5. The molecule has 0 saturated carbocycles. The van der Waals surface area contributed by atoms with Crippen LogP contribution in [0, 0.1) is 5.92 Å². The predicted octanol–water partition coefficient (Wildman–Crippen LogP) is 3.63. The van der Waals surface area contributed by atoms with Gasteiger partial charge in [0.15, 0.2) is 0 Å². The van der Waals surface area contributed by atoms with Crippen molar-refractivity contribution < 1.29 is 4.79 Å². The summed E-state index contributed by atoms with van der Waals surface area (Å²) in [6, 6.07) is 5.48. The Labute approximate surface area is 142 Å². The fraction of sp³-hybridized carbons (Fsp3) is 0.533. The first-order chi connectivity index (χ1) is 9.59. The van der Waals surface area contributed by atoms with Crippen LogP contribution >= 0.6 is 35.6 Å². The van der Waals surface area contributed by atoms with Crippen molar-refractivity contribution in [3.8, 4) is 0 Å². The zero-order valence-corrected chi connectivity index (χ0v) is 14.3. The second-order valence-electron chi connectivity index (χ2n) is 5.31. The quantitative estimate of drug-likeness (QED) is 0.869. The zero-order chi connectivity index (χ0) is 14.5. The maximum atomic E-state index is 12.1. The van der Waals surface area contributed by atoms with E-state index in [1.165, 1.54) is 0 Å². The van der Waals surface area contributed by atoms with Crippen molar-refractivity contribution in [1.29, 1.82) is 0 Å². The molecule has 1 aromatic rings. The molecule has 0 bridgehead atoms. The maximum absolute atomic E-state index is 12.1. The molecule has 2 N–H and O–H groups in total. The molecule has 0 aromatic heterocycles. The minimum atomic E-state index is 0. The Morgan fingerprint density at radius 1 is 1.33 bits per heavy atom. The van der Waals surface area contributed by atoms with Gasteiger partial charge in [0, 0.05) is 28.4 Å². The zero-order valence-electron chi connectivity index (χ0n) is 12.0. The van der Waals surface area contributed by atoms with Gasteiger partial charge < -0.3 is 10.6 Å². The first-order valence-corrected chi connectivity index (χ1v) is 7.77. The monoisotopic (exact) mass is 350 g/mol. The Morgan fingerprint density at radius 3 is 2.48 bits per heavy atom. The van der Waals surface area contributed by atoms with Crippen molar-refractivity contribution in [3.05, 3.63) is 33.8 Å². The Kier molecular flexibility index (Phi) is 7.82. The second-order valence-corrected chi connectivity index (χ2v) is 6.12. The number of piperidine rings is 1. The van der Waals surface area contributed by atoms with Crippen LogP contribution in [0.2, 0.25) is 10.0 Å². The van der Waals surface area contributed by atoms with E-state index in [2.05, 4.69) is 10.6 Å². The summed E-state index contributed by atoms with van der Waals surface area (Å²) in [6.07, 6.45) is 1.82. The lowest BCUT2D eigenvalue weighted by Crippen LogP contribution is -2.39. The number of amides is 1. The molecule has 1 saturated heterocycles. The van der Waals surface area contributed by atoms with Crippen molar-refractivity contribution in [2.45, 2.75) is 25.7 Å². The normalized spacial score (nSPS) is 16.9. The van der Waals surface area contributed by atoms with Gasteiger partial charge in [-0.2, -0.15) is 0 Å². The third kappa shape index (κ3) is 5.03. The van der Waals surface area contributed by atoms with Crippen LogP contribution in [0.5, 0.6) is 0 Å². The molecule has 2 rings (SSSR count). The molecule has 1 heterocycles. The highest BCUT2D eigenvalue weighted by Gasteiger charge is 2.22. The minimum Gasteiger partial charge on any atom is -0.355 e. The van der Waals surface area contributed by atoms with Crippen LogP contribution in [-0.4, -0.2) is 25.5 Å². The maximum Gasteiger partial charge on any atom is 0.223 e. The summed E-state index contributed by atoms with van der Waals surface area (Å²) in [5.41, 5.74) is 0.904. The fourth-order valence-corrected chi connectivity index (χ4v) is 3.34. The van der Waals surface area contributed by atoms with Gasteiger partial charge >= 0.3 is 0 Å². The van der Waals surface area contributed by atoms with Crippen LogP contribution in [0.15, 0.2) is 18.2 Å². The van der Waals surface area contributed by atoms with Gasteiger partial charge in [-0.1, -0.05) is 36.2 Å². The molecule has 1 aliphatic rings. The highest BCUT2D eigenvalue weighted by molar-refractivity contribution is 6.36. The highest BCUT2D eigenvalue weighted by Crippen LogP contribution is 2.31. The third-order valence-electron chi connectivity index (χ3n) is 3.78. The summed E-state index contributed by atoms with van der Waals surface area (Å²) >= 11 is 12.4. The van der Waals surface area contributed by atoms with Crippen LogP contribution in [0.25, 0.3) is 0 Å². The number of halogens is 3. The van der Waals surface area contributed by atoms with Crippen LogP contribution in [0.3, 0.4) is 0 Å². The summed E-state index contributed by atoms with van der Waals surface area (Å²) in [5.74, 6) is 0.369. The number of carbonyl (C=O) groups excluding carboxylic acids is 1. The van der Waals surface area contributed by atoms with E-state index < -0.39 is 0 Å². The van der Waals surface area contributed by atoms with Gasteiger partial charge in [0.25, 0.3) is 0 Å². The average molecular weight is 352 g/mol. The lowest BCUT2D eigenvalue weighted by molar-refractivity contribution is -0.125. The molecule has 0 aliphatic carbocycles. The third-order valence-corrected chi connectivity index (χ3v) is 4.44. The van der Waals surface area contributed by atoms with Gasteiger partial charge in [0.2, 0.25) is 5.91 Å². The van der Waals surface area contributed by atoms with E-state index in [1.807, 2.05) is 25.1 Å². The molecule has 0 radical (unpaired) electrons. The molecule has 1 aliphatic heterocycles. The molecular weight excluding hydrogens is 331 g/mol. The van der Waals surface area contributed by atoms with E-state index in [0.717, 1.165) is 31.5 Å². The van der Waals surface area contributed by atoms with E-state index >= 15 is 0 Å². The van der Waals surface area contributed by atoms with Crippen LogP contribution in [0.1, 0.15) is 31.2 Å². The number of rotatable bonds is 4. The van der Waals surface area contributed by atoms with Crippen LogP contribution in [-0.2, 0) is 4.79 Å². The Morgan fingerprint density at radius 2 is 1.90 bits per heavy atom. The smallest absolute Gasteiger partial charge is 0.223 e. The molecule has 1 unspecified atom stereocenters. The van der Waals surface area contributed by atoms with E-state index in [9.17, 15) is 4.79 Å². The summed E-state index contributed by atoms with van der Waals surface area (Å²) in [6.45, 7) is 4.43. The summed E-state index contributed by atoms with van der Waals surface area (Å²) in [4.78, 5) is 12.1. The largest absolute Gasteiger partial charge is 0.355 e. The SMILES string of the molecule is CC(CNC(=O)C1CCNCC1)c1c(Cl)cccc1Cl.Cl. The van der Waals surface area contributed by atoms with Crippen molar-refractivity contribution in [2.24, 2.45) is 5.92 Å². The van der Waals surface area contributed by atoms with Gasteiger partial charge in [0.05, 0.1) is 0 Å². The minimum absolute atomic E-state index is 0. The van der Waals surface area contributed by atoms with Crippen molar-refractivity contribution in [1.82, 2.24) is 10.6 Å². The van der Waals surface area contributed by atoms with Crippen LogP contribution in [0.4, 0.5) is 0 Å².